The molecule has 31 heavy (non-hydrogen) atoms. The average molecular weight is 456 g/mol. The van der Waals surface area contributed by atoms with E-state index < -0.39 is 27.8 Å². The molecule has 1 N–H and O–H groups in total. The number of amides is 1. The zero-order valence-electron chi connectivity index (χ0n) is 17.2. The number of alkyl halides is 3. The fourth-order valence-electron chi connectivity index (χ4n) is 3.41. The van der Waals surface area contributed by atoms with Crippen molar-refractivity contribution in [2.45, 2.75) is 31.0 Å². The maximum absolute atomic E-state index is 12.9. The molecule has 1 heterocycles. The summed E-state index contributed by atoms with van der Waals surface area (Å²) < 4.78 is 66.2. The molecular weight excluding hydrogens is 431 g/mol. The maximum atomic E-state index is 12.9. The van der Waals surface area contributed by atoms with Crippen LogP contribution in [0.25, 0.3) is 0 Å². The highest BCUT2D eigenvalue weighted by atomic mass is 32.2. The van der Waals surface area contributed by atoms with Gasteiger partial charge in [0.15, 0.2) is 0 Å². The van der Waals surface area contributed by atoms with Gasteiger partial charge >= 0.3 is 6.18 Å². The Balaban J connectivity index is 1.60. The lowest BCUT2D eigenvalue weighted by molar-refractivity contribution is -0.137. The van der Waals surface area contributed by atoms with Crippen molar-refractivity contribution in [1.29, 1.82) is 0 Å². The molecule has 2 aromatic carbocycles. The molecule has 2 aromatic rings. The van der Waals surface area contributed by atoms with Gasteiger partial charge in [-0.05, 0) is 44.2 Å². The molecule has 1 amide bonds. The summed E-state index contributed by atoms with van der Waals surface area (Å²) in [5.74, 6) is -0.376. The minimum atomic E-state index is -4.42. The first-order valence-corrected chi connectivity index (χ1v) is 11.3. The van der Waals surface area contributed by atoms with Gasteiger partial charge in [0.05, 0.1) is 16.5 Å². The van der Waals surface area contributed by atoms with E-state index in [0.717, 1.165) is 17.7 Å². The van der Waals surface area contributed by atoms with Crippen molar-refractivity contribution in [2.24, 2.45) is 0 Å². The van der Waals surface area contributed by atoms with E-state index >= 15 is 0 Å². The van der Waals surface area contributed by atoms with Crippen LogP contribution < -0.4 is 9.62 Å². The highest BCUT2D eigenvalue weighted by Crippen LogP contribution is 2.31. The summed E-state index contributed by atoms with van der Waals surface area (Å²) in [6, 6.07) is 10.4. The summed E-state index contributed by atoms with van der Waals surface area (Å²) in [6.07, 6.45) is -4.42. The number of halogens is 3. The van der Waals surface area contributed by atoms with E-state index in [1.54, 1.807) is 23.1 Å². The molecule has 0 aliphatic carbocycles. The van der Waals surface area contributed by atoms with Gasteiger partial charge in [-0.2, -0.15) is 17.9 Å². The van der Waals surface area contributed by atoms with E-state index in [1.165, 1.54) is 30.0 Å². The lowest BCUT2D eigenvalue weighted by Gasteiger charge is -2.37. The molecule has 1 aliphatic heterocycles. The van der Waals surface area contributed by atoms with Crippen LogP contribution in [-0.2, 0) is 21.0 Å². The molecule has 10 heteroatoms. The van der Waals surface area contributed by atoms with E-state index in [2.05, 4.69) is 4.72 Å². The third-order valence-corrected chi connectivity index (χ3v) is 6.72. The van der Waals surface area contributed by atoms with Gasteiger partial charge in [0, 0.05) is 31.9 Å². The number of carbonyl (C=O) groups is 1. The zero-order valence-corrected chi connectivity index (χ0v) is 18.0. The van der Waals surface area contributed by atoms with Crippen molar-refractivity contribution in [1.82, 2.24) is 9.62 Å². The first kappa shape index (κ1) is 23.1. The number of sulfonamides is 1. The molecule has 1 aliphatic rings. The number of aryl methyl sites for hydroxylation is 1. The fraction of sp³-hybridized carbons (Fsp3) is 0.381. The number of hydrogen-bond acceptors (Lipinski definition) is 4. The van der Waals surface area contributed by atoms with Crippen molar-refractivity contribution < 1.29 is 26.4 Å². The van der Waals surface area contributed by atoms with Crippen LogP contribution >= 0.6 is 0 Å². The van der Waals surface area contributed by atoms with Gasteiger partial charge in [-0.15, -0.1) is 0 Å². The minimum Gasteiger partial charge on any atom is -0.368 e. The number of piperazine rings is 1. The molecule has 3 rings (SSSR count). The third-order valence-electron chi connectivity index (χ3n) is 5.16. The Labute approximate surface area is 179 Å². The Bertz CT molecular complexity index is 1030. The van der Waals surface area contributed by atoms with Gasteiger partial charge in [-0.25, -0.2) is 8.42 Å². The number of anilines is 1. The molecule has 1 saturated heterocycles. The van der Waals surface area contributed by atoms with Crippen LogP contribution in [0.3, 0.4) is 0 Å². The summed E-state index contributed by atoms with van der Waals surface area (Å²) in [4.78, 5) is 16.1. The first-order chi connectivity index (χ1) is 14.5. The number of nitrogens with one attached hydrogen (secondary N) is 1. The van der Waals surface area contributed by atoms with Gasteiger partial charge in [0.25, 0.3) is 0 Å². The maximum Gasteiger partial charge on any atom is 0.416 e. The number of rotatable bonds is 5. The molecule has 168 valence electrons. The molecule has 1 fully saturated rings. The molecule has 0 bridgehead atoms. The summed E-state index contributed by atoms with van der Waals surface area (Å²) in [7, 11) is -3.85. The lowest BCUT2D eigenvalue weighted by atomic mass is 10.1. The van der Waals surface area contributed by atoms with Gasteiger partial charge in [0.2, 0.25) is 15.9 Å². The predicted octanol–water partition coefficient (Wildman–Crippen LogP) is 3.03. The van der Waals surface area contributed by atoms with Crippen LogP contribution in [0.15, 0.2) is 53.4 Å². The van der Waals surface area contributed by atoms with Crippen molar-refractivity contribution in [3.63, 3.8) is 0 Å². The predicted molar refractivity (Wildman–Crippen MR) is 111 cm³/mol. The second kappa shape index (κ2) is 8.88. The van der Waals surface area contributed by atoms with E-state index in [-0.39, 0.29) is 23.9 Å². The summed E-state index contributed by atoms with van der Waals surface area (Å²) in [5.41, 5.74) is 0.638. The normalized spacial score (nSPS) is 16.3. The lowest BCUT2D eigenvalue weighted by Crippen LogP contribution is -2.54. The van der Waals surface area contributed by atoms with Crippen molar-refractivity contribution >= 4 is 21.6 Å². The summed E-state index contributed by atoms with van der Waals surface area (Å²) in [6.45, 7) is 4.59. The topological polar surface area (TPSA) is 69.7 Å². The standard InChI is InChI=1S/C21H24F3N3O3S/c1-15-6-8-19(9-7-15)31(29,30)25-16(2)20(28)27-12-10-26(11-13-27)18-5-3-4-17(14-18)21(22,23)24/h3-9,14,16,25H,10-13H2,1-2H3. The summed E-state index contributed by atoms with van der Waals surface area (Å²) in [5, 5.41) is 0. The molecule has 1 unspecified atom stereocenters. The van der Waals surface area contributed by atoms with Gasteiger partial charge < -0.3 is 9.80 Å². The molecule has 0 spiro atoms. The zero-order chi connectivity index (χ0) is 22.8. The number of nitrogens with zero attached hydrogens (tertiary/aromatic N) is 2. The van der Waals surface area contributed by atoms with Crippen molar-refractivity contribution in [3.8, 4) is 0 Å². The minimum absolute atomic E-state index is 0.0760. The highest BCUT2D eigenvalue weighted by molar-refractivity contribution is 7.89. The second-order valence-electron chi connectivity index (χ2n) is 7.52. The molecule has 0 saturated carbocycles. The number of hydrogen-bond donors (Lipinski definition) is 1. The molecule has 0 aromatic heterocycles. The Hall–Kier alpha value is -2.59. The van der Waals surface area contributed by atoms with Crippen LogP contribution in [0, 0.1) is 6.92 Å². The average Bonchev–Trinajstić information content (AvgIpc) is 2.73. The SMILES string of the molecule is Cc1ccc(S(=O)(=O)NC(C)C(=O)N2CCN(c3cccc(C(F)(F)F)c3)CC2)cc1. The monoisotopic (exact) mass is 455 g/mol. The van der Waals surface area contributed by atoms with E-state index in [1.807, 2.05) is 6.92 Å². The van der Waals surface area contributed by atoms with E-state index in [4.69, 9.17) is 0 Å². The highest BCUT2D eigenvalue weighted by Gasteiger charge is 2.32. The fourth-order valence-corrected chi connectivity index (χ4v) is 4.60. The third kappa shape index (κ3) is 5.56. The Kier molecular flexibility index (Phi) is 6.61. The summed E-state index contributed by atoms with van der Waals surface area (Å²) >= 11 is 0. The van der Waals surface area contributed by atoms with Crippen LogP contribution in [-0.4, -0.2) is 51.4 Å². The smallest absolute Gasteiger partial charge is 0.368 e. The van der Waals surface area contributed by atoms with Gasteiger partial charge in [0.1, 0.15) is 0 Å². The van der Waals surface area contributed by atoms with Crippen molar-refractivity contribution in [3.05, 3.63) is 59.7 Å². The Morgan fingerprint density at radius 2 is 1.65 bits per heavy atom. The first-order valence-electron chi connectivity index (χ1n) is 9.77. The van der Waals surface area contributed by atoms with E-state index in [0.29, 0.717) is 18.8 Å². The van der Waals surface area contributed by atoms with Gasteiger partial charge in [-0.1, -0.05) is 23.8 Å². The second-order valence-corrected chi connectivity index (χ2v) is 9.23. The van der Waals surface area contributed by atoms with Crippen LogP contribution in [0.5, 0.6) is 0 Å². The van der Waals surface area contributed by atoms with Gasteiger partial charge in [-0.3, -0.25) is 4.79 Å². The quantitative estimate of drug-likeness (QED) is 0.753. The molecule has 1 atom stereocenters. The number of carbonyl (C=O) groups excluding carboxylic acids is 1. The molecule has 0 radical (unpaired) electrons. The van der Waals surface area contributed by atoms with Crippen LogP contribution in [0.2, 0.25) is 0 Å². The number of benzene rings is 2. The largest absolute Gasteiger partial charge is 0.416 e. The van der Waals surface area contributed by atoms with E-state index in [9.17, 15) is 26.4 Å². The Morgan fingerprint density at radius 1 is 1.03 bits per heavy atom. The molecular formula is C21H24F3N3O3S. The van der Waals surface area contributed by atoms with Crippen LogP contribution in [0.4, 0.5) is 18.9 Å². The molecule has 6 nitrogen and oxygen atoms in total. The van der Waals surface area contributed by atoms with Crippen LogP contribution in [0.1, 0.15) is 18.1 Å². The Morgan fingerprint density at radius 3 is 2.23 bits per heavy atom. The van der Waals surface area contributed by atoms with Crippen molar-refractivity contribution in [2.75, 3.05) is 31.1 Å².